The van der Waals surface area contributed by atoms with E-state index in [4.69, 9.17) is 4.42 Å². The quantitative estimate of drug-likeness (QED) is 0.251. The van der Waals surface area contributed by atoms with Crippen molar-refractivity contribution in [3.05, 3.63) is 136 Å². The third kappa shape index (κ3) is 4.58. The van der Waals surface area contributed by atoms with E-state index in [-0.39, 0.29) is 17.3 Å². The molecule has 5 rings (SSSR count). The number of nitrogens with one attached hydrogen (secondary N) is 1. The van der Waals surface area contributed by atoms with Crippen molar-refractivity contribution in [3.8, 4) is 17.1 Å². The number of non-ortho nitro benzene ring substituents is 1. The fourth-order valence-corrected chi connectivity index (χ4v) is 3.88. The molecular weight excluding hydrogens is 444 g/mol. The molecule has 8 heteroatoms. The lowest BCUT2D eigenvalue weighted by Crippen LogP contribution is -2.31. The van der Waals surface area contributed by atoms with Gasteiger partial charge >= 0.3 is 0 Å². The van der Waals surface area contributed by atoms with Gasteiger partial charge in [0.15, 0.2) is 5.76 Å². The lowest BCUT2D eigenvalue weighted by molar-refractivity contribution is -0.384. The van der Waals surface area contributed by atoms with E-state index >= 15 is 0 Å². The van der Waals surface area contributed by atoms with Gasteiger partial charge in [0.25, 0.3) is 11.6 Å². The van der Waals surface area contributed by atoms with E-state index in [1.54, 1.807) is 30.3 Å². The van der Waals surface area contributed by atoms with Gasteiger partial charge in [0.1, 0.15) is 11.4 Å². The van der Waals surface area contributed by atoms with E-state index in [9.17, 15) is 14.9 Å². The van der Waals surface area contributed by atoms with Crippen molar-refractivity contribution in [2.24, 2.45) is 0 Å². The molecule has 0 atom stereocenters. The average molecular weight is 464 g/mol. The van der Waals surface area contributed by atoms with Crippen molar-refractivity contribution in [2.75, 3.05) is 0 Å². The number of carbonyl (C=O) groups is 1. The second-order valence-electron chi connectivity index (χ2n) is 7.81. The van der Waals surface area contributed by atoms with Gasteiger partial charge in [0.05, 0.1) is 22.9 Å². The summed E-state index contributed by atoms with van der Waals surface area (Å²) in [6.45, 7) is 0. The molecular formula is C27H20N4O4. The number of amides is 1. The van der Waals surface area contributed by atoms with Gasteiger partial charge in [-0.3, -0.25) is 14.9 Å². The summed E-state index contributed by atoms with van der Waals surface area (Å²) in [6, 6.07) is 29.9. The zero-order valence-electron chi connectivity index (χ0n) is 18.4. The lowest BCUT2D eigenvalue weighted by atomic mass is 9.98. The Labute approximate surface area is 200 Å². The van der Waals surface area contributed by atoms with Crippen molar-refractivity contribution in [2.45, 2.75) is 6.04 Å². The normalized spacial score (nSPS) is 10.9. The highest BCUT2D eigenvalue weighted by molar-refractivity contribution is 5.94. The fourth-order valence-electron chi connectivity index (χ4n) is 3.88. The number of aromatic nitrogens is 2. The van der Waals surface area contributed by atoms with E-state index in [0.29, 0.717) is 17.1 Å². The van der Waals surface area contributed by atoms with Gasteiger partial charge in [-0.05, 0) is 29.3 Å². The van der Waals surface area contributed by atoms with Crippen LogP contribution in [0.15, 0.2) is 114 Å². The molecule has 35 heavy (non-hydrogen) atoms. The van der Waals surface area contributed by atoms with Crippen LogP contribution in [0, 0.1) is 10.1 Å². The van der Waals surface area contributed by atoms with Crippen LogP contribution in [-0.4, -0.2) is 20.6 Å². The van der Waals surface area contributed by atoms with Gasteiger partial charge in [-0.25, -0.2) is 4.68 Å². The molecule has 0 saturated heterocycles. The Hall–Kier alpha value is -4.98. The van der Waals surface area contributed by atoms with Crippen LogP contribution in [0.4, 0.5) is 5.69 Å². The summed E-state index contributed by atoms with van der Waals surface area (Å²) in [6.07, 6.45) is 1.52. The summed E-state index contributed by atoms with van der Waals surface area (Å²) >= 11 is 0. The summed E-state index contributed by atoms with van der Waals surface area (Å²) in [4.78, 5) is 24.5. The summed E-state index contributed by atoms with van der Waals surface area (Å²) in [5, 5.41) is 19.0. The molecule has 3 aromatic carbocycles. The Morgan fingerprint density at radius 2 is 1.57 bits per heavy atom. The van der Waals surface area contributed by atoms with Gasteiger partial charge in [-0.2, -0.15) is 5.10 Å². The SMILES string of the molecule is O=C(NC(c1ccccc1)c1ccccc1)c1cc(-c2ccco2)nn1-c1cccc([N+](=O)[O-])c1. The predicted octanol–water partition coefficient (Wildman–Crippen LogP) is 5.56. The molecule has 0 radical (unpaired) electrons. The molecule has 2 aromatic heterocycles. The minimum Gasteiger partial charge on any atom is -0.463 e. The minimum atomic E-state index is -0.485. The van der Waals surface area contributed by atoms with Crippen molar-refractivity contribution in [3.63, 3.8) is 0 Å². The third-order valence-corrected chi connectivity index (χ3v) is 5.54. The Kier molecular flexibility index (Phi) is 5.92. The van der Waals surface area contributed by atoms with Gasteiger partial charge in [-0.1, -0.05) is 66.7 Å². The molecule has 0 aliphatic carbocycles. The number of nitro benzene ring substituents is 1. The molecule has 1 amide bonds. The largest absolute Gasteiger partial charge is 0.463 e. The topological polar surface area (TPSA) is 103 Å². The highest BCUT2D eigenvalue weighted by atomic mass is 16.6. The predicted molar refractivity (Wildman–Crippen MR) is 130 cm³/mol. The Morgan fingerprint density at radius 3 is 2.17 bits per heavy atom. The first-order valence-corrected chi connectivity index (χ1v) is 10.9. The number of nitro groups is 1. The van der Waals surface area contributed by atoms with Crippen LogP contribution in [0.3, 0.4) is 0 Å². The molecule has 2 heterocycles. The molecule has 0 aliphatic rings. The van der Waals surface area contributed by atoms with Crippen molar-refractivity contribution in [1.29, 1.82) is 0 Å². The van der Waals surface area contributed by atoms with E-state index in [1.165, 1.54) is 23.1 Å². The number of benzene rings is 3. The Morgan fingerprint density at radius 1 is 0.886 bits per heavy atom. The van der Waals surface area contributed by atoms with Crippen LogP contribution in [0.1, 0.15) is 27.7 Å². The Balaban J connectivity index is 1.58. The first kappa shape index (κ1) is 21.8. The smallest absolute Gasteiger partial charge is 0.271 e. The van der Waals surface area contributed by atoms with Crippen LogP contribution >= 0.6 is 0 Å². The van der Waals surface area contributed by atoms with E-state index in [1.807, 2.05) is 60.7 Å². The molecule has 5 aromatic rings. The van der Waals surface area contributed by atoms with E-state index in [0.717, 1.165) is 11.1 Å². The van der Waals surface area contributed by atoms with Gasteiger partial charge in [0.2, 0.25) is 0 Å². The van der Waals surface area contributed by atoms with Gasteiger partial charge in [-0.15, -0.1) is 0 Å². The monoisotopic (exact) mass is 464 g/mol. The molecule has 0 bridgehead atoms. The van der Waals surface area contributed by atoms with Crippen LogP contribution in [0.5, 0.6) is 0 Å². The number of furan rings is 1. The Bertz CT molecular complexity index is 1420. The molecule has 0 saturated carbocycles. The van der Waals surface area contributed by atoms with E-state index < -0.39 is 11.0 Å². The van der Waals surface area contributed by atoms with Gasteiger partial charge < -0.3 is 9.73 Å². The number of rotatable bonds is 7. The van der Waals surface area contributed by atoms with Crippen molar-refractivity contribution >= 4 is 11.6 Å². The second kappa shape index (κ2) is 9.48. The van der Waals surface area contributed by atoms with Crippen LogP contribution < -0.4 is 5.32 Å². The van der Waals surface area contributed by atoms with Crippen LogP contribution in [-0.2, 0) is 0 Å². The molecule has 0 fully saturated rings. The standard InChI is InChI=1S/C27H20N4O4/c32-27(28-26(19-9-3-1-4-10-19)20-11-5-2-6-12-20)24-18-23(25-15-8-16-35-25)29-30(24)21-13-7-14-22(17-21)31(33)34/h1-18,26H,(H,28,32). The van der Waals surface area contributed by atoms with Crippen LogP contribution in [0.25, 0.3) is 17.1 Å². The zero-order chi connectivity index (χ0) is 24.2. The second-order valence-corrected chi connectivity index (χ2v) is 7.81. The van der Waals surface area contributed by atoms with Gasteiger partial charge in [0, 0.05) is 18.2 Å². The third-order valence-electron chi connectivity index (χ3n) is 5.54. The summed E-state index contributed by atoms with van der Waals surface area (Å²) in [5.74, 6) is 0.0883. The number of carbonyl (C=O) groups excluding carboxylic acids is 1. The molecule has 1 N–H and O–H groups in total. The highest BCUT2D eigenvalue weighted by Gasteiger charge is 2.23. The number of hydrogen-bond donors (Lipinski definition) is 1. The van der Waals surface area contributed by atoms with Crippen molar-refractivity contribution < 1.29 is 14.1 Å². The maximum Gasteiger partial charge on any atom is 0.271 e. The first-order chi connectivity index (χ1) is 17.1. The average Bonchev–Trinajstić information content (AvgIpc) is 3.59. The molecule has 0 aliphatic heterocycles. The molecule has 172 valence electrons. The maximum absolute atomic E-state index is 13.7. The molecule has 8 nitrogen and oxygen atoms in total. The molecule has 0 unspecified atom stereocenters. The molecule has 0 spiro atoms. The lowest BCUT2D eigenvalue weighted by Gasteiger charge is -2.20. The van der Waals surface area contributed by atoms with Crippen molar-refractivity contribution in [1.82, 2.24) is 15.1 Å². The number of hydrogen-bond acceptors (Lipinski definition) is 5. The summed E-state index contributed by atoms with van der Waals surface area (Å²) < 4.78 is 6.87. The first-order valence-electron chi connectivity index (χ1n) is 10.9. The highest BCUT2D eigenvalue weighted by Crippen LogP contribution is 2.26. The fraction of sp³-hybridized carbons (Fsp3) is 0.0370. The maximum atomic E-state index is 13.7. The summed E-state index contributed by atoms with van der Waals surface area (Å²) in [5.41, 5.74) is 2.77. The summed E-state index contributed by atoms with van der Waals surface area (Å²) in [7, 11) is 0. The van der Waals surface area contributed by atoms with E-state index in [2.05, 4.69) is 10.4 Å². The zero-order valence-corrected chi connectivity index (χ0v) is 18.4. The number of nitrogens with zero attached hydrogens (tertiary/aromatic N) is 3. The van der Waals surface area contributed by atoms with Crippen LogP contribution in [0.2, 0.25) is 0 Å². The minimum absolute atomic E-state index is 0.102.